The predicted molar refractivity (Wildman–Crippen MR) is 110 cm³/mol. The number of hydrogen-bond acceptors (Lipinski definition) is 5. The van der Waals surface area contributed by atoms with Crippen LogP contribution in [0.1, 0.15) is 33.9 Å². The van der Waals surface area contributed by atoms with E-state index in [0.717, 1.165) is 17.7 Å². The van der Waals surface area contributed by atoms with Crippen LogP contribution in [0.25, 0.3) is 0 Å². The molecule has 1 amide bonds. The van der Waals surface area contributed by atoms with Crippen LogP contribution >= 0.6 is 0 Å². The average Bonchev–Trinajstić information content (AvgIpc) is 2.72. The van der Waals surface area contributed by atoms with E-state index in [9.17, 15) is 22.4 Å². The number of aryl methyl sites for hydroxylation is 1. The van der Waals surface area contributed by atoms with Gasteiger partial charge in [0, 0.05) is 12.1 Å². The molecular formula is C21H23FN2O5S. The molecule has 30 heavy (non-hydrogen) atoms. The lowest BCUT2D eigenvalue weighted by Gasteiger charge is -2.19. The molecule has 0 aliphatic carbocycles. The number of hydrogen-bond donors (Lipinski definition) is 2. The Bertz CT molecular complexity index is 1040. The summed E-state index contributed by atoms with van der Waals surface area (Å²) in [7, 11) is -2.93. The van der Waals surface area contributed by atoms with Gasteiger partial charge >= 0.3 is 5.97 Å². The zero-order valence-electron chi connectivity index (χ0n) is 16.6. The van der Waals surface area contributed by atoms with Crippen molar-refractivity contribution < 1.29 is 27.1 Å². The zero-order valence-corrected chi connectivity index (χ0v) is 17.5. The summed E-state index contributed by atoms with van der Waals surface area (Å²) >= 11 is 0. The molecule has 2 aromatic rings. The first-order valence-electron chi connectivity index (χ1n) is 9.02. The number of rotatable bonds is 9. The van der Waals surface area contributed by atoms with E-state index in [1.807, 2.05) is 19.1 Å². The van der Waals surface area contributed by atoms with Crippen LogP contribution in [0.5, 0.6) is 0 Å². The third-order valence-corrected chi connectivity index (χ3v) is 5.72. The summed E-state index contributed by atoms with van der Waals surface area (Å²) in [6.07, 6.45) is 1.18. The second kappa shape index (κ2) is 10.1. The highest BCUT2D eigenvalue weighted by Crippen LogP contribution is 2.21. The van der Waals surface area contributed by atoms with Crippen molar-refractivity contribution in [2.24, 2.45) is 0 Å². The Morgan fingerprint density at radius 1 is 1.20 bits per heavy atom. The summed E-state index contributed by atoms with van der Waals surface area (Å²) in [4.78, 5) is 23.9. The predicted octanol–water partition coefficient (Wildman–Crippen LogP) is 2.63. The number of benzene rings is 2. The molecule has 7 nitrogen and oxygen atoms in total. The molecule has 0 aliphatic heterocycles. The van der Waals surface area contributed by atoms with Crippen LogP contribution < -0.4 is 10.0 Å². The summed E-state index contributed by atoms with van der Waals surface area (Å²) in [6.45, 7) is 5.21. The number of carbonyl (C=O) groups is 2. The van der Waals surface area contributed by atoms with Gasteiger partial charge in [0.1, 0.15) is 10.7 Å². The molecule has 0 fully saturated rings. The smallest absolute Gasteiger partial charge is 0.307 e. The third kappa shape index (κ3) is 5.98. The maximum absolute atomic E-state index is 14.1. The SMILES string of the molecule is C=CCNS(=O)(=O)c1cc(C(=O)NC(CC(=O)OC)c2ccc(C)cc2)ccc1F. The fraction of sp³-hybridized carbons (Fsp3) is 0.238. The van der Waals surface area contributed by atoms with Gasteiger partial charge in [-0.2, -0.15) is 0 Å². The van der Waals surface area contributed by atoms with Crippen LogP contribution in [-0.4, -0.2) is 33.9 Å². The lowest BCUT2D eigenvalue weighted by atomic mass is 10.0. The standard InChI is InChI=1S/C21H23FN2O5S/c1-4-11-23-30(27,28)19-12-16(9-10-17(19)22)21(26)24-18(13-20(25)29-3)15-7-5-14(2)6-8-15/h4-10,12,18,23H,1,11,13H2,2-3H3,(H,24,26). The molecular weight excluding hydrogens is 411 g/mol. The van der Waals surface area contributed by atoms with Crippen LogP contribution in [-0.2, 0) is 19.6 Å². The molecule has 0 saturated heterocycles. The minimum absolute atomic E-state index is 0.0719. The largest absolute Gasteiger partial charge is 0.469 e. The van der Waals surface area contributed by atoms with E-state index in [4.69, 9.17) is 4.74 Å². The van der Waals surface area contributed by atoms with Gasteiger partial charge in [-0.05, 0) is 30.7 Å². The lowest BCUT2D eigenvalue weighted by molar-refractivity contribution is -0.141. The van der Waals surface area contributed by atoms with E-state index in [0.29, 0.717) is 5.56 Å². The average molecular weight is 434 g/mol. The molecule has 0 bridgehead atoms. The van der Waals surface area contributed by atoms with Gasteiger partial charge in [-0.1, -0.05) is 35.9 Å². The minimum atomic E-state index is -4.17. The van der Waals surface area contributed by atoms with Crippen molar-refractivity contribution in [2.75, 3.05) is 13.7 Å². The first-order valence-corrected chi connectivity index (χ1v) is 10.5. The molecule has 2 N–H and O–H groups in total. The van der Waals surface area contributed by atoms with Crippen LogP contribution in [0.15, 0.2) is 60.0 Å². The van der Waals surface area contributed by atoms with Gasteiger partial charge in [0.15, 0.2) is 0 Å². The second-order valence-corrected chi connectivity index (χ2v) is 8.24. The number of sulfonamides is 1. The van der Waals surface area contributed by atoms with Crippen molar-refractivity contribution in [1.29, 1.82) is 0 Å². The summed E-state index contributed by atoms with van der Waals surface area (Å²) in [5.74, 6) is -2.19. The number of ether oxygens (including phenoxy) is 1. The van der Waals surface area contributed by atoms with Crippen molar-refractivity contribution in [2.45, 2.75) is 24.3 Å². The van der Waals surface area contributed by atoms with E-state index in [-0.39, 0.29) is 18.5 Å². The Morgan fingerprint density at radius 3 is 2.47 bits per heavy atom. The highest BCUT2D eigenvalue weighted by atomic mass is 32.2. The monoisotopic (exact) mass is 434 g/mol. The Kier molecular flexibility index (Phi) is 7.85. The summed E-state index contributed by atoms with van der Waals surface area (Å²) < 4.78 is 45.5. The lowest BCUT2D eigenvalue weighted by Crippen LogP contribution is -2.31. The molecule has 0 spiro atoms. The summed E-state index contributed by atoms with van der Waals surface area (Å²) in [6, 6.07) is 9.50. The van der Waals surface area contributed by atoms with E-state index >= 15 is 0 Å². The van der Waals surface area contributed by atoms with E-state index in [2.05, 4.69) is 16.6 Å². The van der Waals surface area contributed by atoms with Crippen molar-refractivity contribution in [3.8, 4) is 0 Å². The Balaban J connectivity index is 2.33. The molecule has 2 aromatic carbocycles. The van der Waals surface area contributed by atoms with Crippen LogP contribution in [0.2, 0.25) is 0 Å². The van der Waals surface area contributed by atoms with Gasteiger partial charge < -0.3 is 10.1 Å². The quantitative estimate of drug-likeness (QED) is 0.467. The Labute approximate surface area is 175 Å². The van der Waals surface area contributed by atoms with E-state index in [1.165, 1.54) is 19.3 Å². The van der Waals surface area contributed by atoms with Crippen molar-refractivity contribution in [1.82, 2.24) is 10.0 Å². The number of nitrogens with one attached hydrogen (secondary N) is 2. The van der Waals surface area contributed by atoms with Crippen LogP contribution in [0.4, 0.5) is 4.39 Å². The first kappa shape index (κ1) is 23.2. The molecule has 1 atom stereocenters. The fourth-order valence-electron chi connectivity index (χ4n) is 2.64. The molecule has 0 aromatic heterocycles. The maximum Gasteiger partial charge on any atom is 0.307 e. The highest BCUT2D eigenvalue weighted by molar-refractivity contribution is 7.89. The van der Waals surface area contributed by atoms with Gasteiger partial charge in [0.05, 0.1) is 19.6 Å². The molecule has 0 heterocycles. The Hall–Kier alpha value is -3.04. The number of amides is 1. The number of halogens is 1. The van der Waals surface area contributed by atoms with Gasteiger partial charge in [-0.25, -0.2) is 17.5 Å². The normalized spacial score (nSPS) is 12.1. The Morgan fingerprint density at radius 2 is 1.87 bits per heavy atom. The van der Waals surface area contributed by atoms with E-state index in [1.54, 1.807) is 12.1 Å². The summed E-state index contributed by atoms with van der Waals surface area (Å²) in [5.41, 5.74) is 1.60. The number of carbonyl (C=O) groups excluding carboxylic acids is 2. The number of methoxy groups -OCH3 is 1. The minimum Gasteiger partial charge on any atom is -0.469 e. The highest BCUT2D eigenvalue weighted by Gasteiger charge is 2.23. The second-order valence-electron chi connectivity index (χ2n) is 6.50. The van der Waals surface area contributed by atoms with Crippen molar-refractivity contribution >= 4 is 21.9 Å². The zero-order chi connectivity index (χ0) is 22.3. The van der Waals surface area contributed by atoms with Crippen molar-refractivity contribution in [3.63, 3.8) is 0 Å². The van der Waals surface area contributed by atoms with Crippen molar-refractivity contribution in [3.05, 3.63) is 77.6 Å². The molecule has 2 rings (SSSR count). The topological polar surface area (TPSA) is 102 Å². The van der Waals surface area contributed by atoms with E-state index < -0.39 is 38.7 Å². The fourth-order valence-corrected chi connectivity index (χ4v) is 3.74. The molecule has 0 radical (unpaired) electrons. The first-order chi connectivity index (χ1) is 14.2. The summed E-state index contributed by atoms with van der Waals surface area (Å²) in [5, 5.41) is 2.68. The maximum atomic E-state index is 14.1. The molecule has 0 saturated carbocycles. The molecule has 9 heteroatoms. The van der Waals surface area contributed by atoms with Gasteiger partial charge in [-0.15, -0.1) is 6.58 Å². The molecule has 160 valence electrons. The molecule has 1 unspecified atom stereocenters. The van der Waals surface area contributed by atoms with Gasteiger partial charge in [-0.3, -0.25) is 9.59 Å². The van der Waals surface area contributed by atoms with Crippen LogP contribution in [0.3, 0.4) is 0 Å². The van der Waals surface area contributed by atoms with Gasteiger partial charge in [0.25, 0.3) is 5.91 Å². The third-order valence-electron chi connectivity index (χ3n) is 4.28. The molecule has 0 aliphatic rings. The van der Waals surface area contributed by atoms with Crippen LogP contribution in [0, 0.1) is 12.7 Å². The number of esters is 1. The van der Waals surface area contributed by atoms with Gasteiger partial charge in [0.2, 0.25) is 10.0 Å².